The lowest BCUT2D eigenvalue weighted by molar-refractivity contribution is 0.0672. The smallest absolute Gasteiger partial charge is 0.321 e. The van der Waals surface area contributed by atoms with Crippen LogP contribution in [0.2, 0.25) is 5.02 Å². The Kier molecular flexibility index (Phi) is 6.96. The number of urea groups is 1. The van der Waals surface area contributed by atoms with Crippen LogP contribution in [-0.2, 0) is 0 Å². The molecule has 0 radical (unpaired) electrons. The number of hydrogen-bond acceptors (Lipinski definition) is 4. The Bertz CT molecular complexity index is 1170. The molecule has 0 bridgehead atoms. The second-order valence-corrected chi connectivity index (χ2v) is 9.01. The number of anilines is 2. The van der Waals surface area contributed by atoms with Crippen LogP contribution in [-0.4, -0.2) is 53.8 Å². The molecule has 4 amide bonds. The molecule has 170 valence electrons. The number of carbonyl (C=O) groups is 3. The summed E-state index contributed by atoms with van der Waals surface area (Å²) in [7, 11) is 0. The molecule has 1 saturated heterocycles. The molecular weight excluding hydrogens is 460 g/mol. The second-order valence-electron chi connectivity index (χ2n) is 7.65. The standard InChI is InChI=1S/C24H23ClN4O3S/c1-16-8-9-17(15-19(16)25)26-24(32)29-12-10-28(11-13-29)23(31)18-5-2-3-6-20(18)27-22(30)21-7-4-14-33-21/h2-9,14-15H,10-13H2,1H3,(H,26,32)(H,27,30). The fourth-order valence-electron chi connectivity index (χ4n) is 3.53. The van der Waals surface area contributed by atoms with E-state index in [1.54, 1.807) is 58.3 Å². The molecule has 1 aliphatic heterocycles. The number of benzene rings is 2. The summed E-state index contributed by atoms with van der Waals surface area (Å²) in [6.45, 7) is 3.50. The number of halogens is 1. The summed E-state index contributed by atoms with van der Waals surface area (Å²) in [5.74, 6) is -0.426. The Balaban J connectivity index is 1.37. The number of amides is 4. The van der Waals surface area contributed by atoms with Gasteiger partial charge >= 0.3 is 6.03 Å². The lowest BCUT2D eigenvalue weighted by Crippen LogP contribution is -2.51. The number of hydrogen-bond donors (Lipinski definition) is 2. The number of rotatable bonds is 4. The lowest BCUT2D eigenvalue weighted by atomic mass is 10.1. The van der Waals surface area contributed by atoms with Crippen molar-refractivity contribution >= 4 is 52.2 Å². The van der Waals surface area contributed by atoms with Crippen molar-refractivity contribution < 1.29 is 14.4 Å². The highest BCUT2D eigenvalue weighted by molar-refractivity contribution is 7.12. The van der Waals surface area contributed by atoms with Gasteiger partial charge in [0.05, 0.1) is 16.1 Å². The van der Waals surface area contributed by atoms with Gasteiger partial charge in [-0.05, 0) is 48.2 Å². The van der Waals surface area contributed by atoms with Crippen molar-refractivity contribution in [2.75, 3.05) is 36.8 Å². The maximum Gasteiger partial charge on any atom is 0.321 e. The highest BCUT2D eigenvalue weighted by atomic mass is 35.5. The van der Waals surface area contributed by atoms with Gasteiger partial charge in [0.15, 0.2) is 0 Å². The Labute approximate surface area is 201 Å². The molecule has 0 aliphatic carbocycles. The predicted octanol–water partition coefficient (Wildman–Crippen LogP) is 4.95. The van der Waals surface area contributed by atoms with Crippen molar-refractivity contribution in [1.82, 2.24) is 9.80 Å². The van der Waals surface area contributed by atoms with Gasteiger partial charge in [0.1, 0.15) is 0 Å². The molecule has 9 heteroatoms. The summed E-state index contributed by atoms with van der Waals surface area (Å²) >= 11 is 7.47. The van der Waals surface area contributed by atoms with Crippen LogP contribution in [0.25, 0.3) is 0 Å². The van der Waals surface area contributed by atoms with Crippen LogP contribution in [0.4, 0.5) is 16.2 Å². The van der Waals surface area contributed by atoms with Crippen molar-refractivity contribution in [3.8, 4) is 0 Å². The number of piperazine rings is 1. The van der Waals surface area contributed by atoms with E-state index in [1.807, 2.05) is 18.4 Å². The van der Waals surface area contributed by atoms with Crippen LogP contribution in [0.3, 0.4) is 0 Å². The van der Waals surface area contributed by atoms with Crippen LogP contribution >= 0.6 is 22.9 Å². The third-order valence-electron chi connectivity index (χ3n) is 5.43. The van der Waals surface area contributed by atoms with Gasteiger partial charge in [-0.2, -0.15) is 0 Å². The number of thiophene rings is 1. The largest absolute Gasteiger partial charge is 0.335 e. The monoisotopic (exact) mass is 482 g/mol. The third-order valence-corrected chi connectivity index (χ3v) is 6.70. The van der Waals surface area contributed by atoms with Gasteiger partial charge < -0.3 is 20.4 Å². The van der Waals surface area contributed by atoms with E-state index in [9.17, 15) is 14.4 Å². The molecule has 3 aromatic rings. The zero-order chi connectivity index (χ0) is 23.4. The van der Waals surface area contributed by atoms with Crippen molar-refractivity contribution in [3.63, 3.8) is 0 Å². The average Bonchev–Trinajstić information content (AvgIpc) is 3.37. The molecule has 2 heterocycles. The van der Waals surface area contributed by atoms with Crippen LogP contribution < -0.4 is 10.6 Å². The minimum atomic E-state index is -0.247. The van der Waals surface area contributed by atoms with E-state index >= 15 is 0 Å². The Morgan fingerprint density at radius 3 is 2.33 bits per heavy atom. The topological polar surface area (TPSA) is 81.8 Å². The summed E-state index contributed by atoms with van der Waals surface area (Å²) in [5, 5.41) is 8.11. The summed E-state index contributed by atoms with van der Waals surface area (Å²) < 4.78 is 0. The SMILES string of the molecule is Cc1ccc(NC(=O)N2CCN(C(=O)c3ccccc3NC(=O)c3cccs3)CC2)cc1Cl. The van der Waals surface area contributed by atoms with Crippen LogP contribution in [0.5, 0.6) is 0 Å². The molecule has 33 heavy (non-hydrogen) atoms. The first-order chi connectivity index (χ1) is 15.9. The van der Waals surface area contributed by atoms with E-state index < -0.39 is 0 Å². The molecule has 2 N–H and O–H groups in total. The van der Waals surface area contributed by atoms with Crippen molar-refractivity contribution in [2.24, 2.45) is 0 Å². The Morgan fingerprint density at radius 1 is 0.909 bits per heavy atom. The van der Waals surface area contributed by atoms with Gasteiger partial charge in [0.25, 0.3) is 11.8 Å². The molecule has 1 aromatic heterocycles. The minimum absolute atomic E-state index is 0.178. The maximum absolute atomic E-state index is 13.2. The van der Waals surface area contributed by atoms with Gasteiger partial charge in [0, 0.05) is 36.9 Å². The first-order valence-electron chi connectivity index (χ1n) is 10.5. The van der Waals surface area contributed by atoms with E-state index in [0.717, 1.165) is 5.56 Å². The molecule has 1 fully saturated rings. The fraction of sp³-hybridized carbons (Fsp3) is 0.208. The zero-order valence-corrected chi connectivity index (χ0v) is 19.6. The summed E-state index contributed by atoms with van der Waals surface area (Å²) in [6, 6.07) is 15.6. The highest BCUT2D eigenvalue weighted by Crippen LogP contribution is 2.22. The van der Waals surface area contributed by atoms with Crippen LogP contribution in [0.15, 0.2) is 60.0 Å². The minimum Gasteiger partial charge on any atom is -0.335 e. The van der Waals surface area contributed by atoms with Crippen LogP contribution in [0.1, 0.15) is 25.6 Å². The Morgan fingerprint density at radius 2 is 1.64 bits per heavy atom. The Hall–Kier alpha value is -3.36. The molecule has 2 aromatic carbocycles. The lowest BCUT2D eigenvalue weighted by Gasteiger charge is -2.35. The second kappa shape index (κ2) is 10.1. The molecular formula is C24H23ClN4O3S. The van der Waals surface area contributed by atoms with Crippen LogP contribution in [0, 0.1) is 6.92 Å². The number of carbonyl (C=O) groups excluding carboxylic acids is 3. The summed E-state index contributed by atoms with van der Waals surface area (Å²) in [4.78, 5) is 42.2. The quantitative estimate of drug-likeness (QED) is 0.552. The highest BCUT2D eigenvalue weighted by Gasteiger charge is 2.26. The number of nitrogens with one attached hydrogen (secondary N) is 2. The van der Waals surface area contributed by atoms with E-state index in [-0.39, 0.29) is 17.8 Å². The average molecular weight is 483 g/mol. The molecule has 7 nitrogen and oxygen atoms in total. The van der Waals surface area contributed by atoms with Crippen molar-refractivity contribution in [3.05, 3.63) is 81.0 Å². The number of nitrogens with zero attached hydrogens (tertiary/aromatic N) is 2. The molecule has 1 aliphatic rings. The van der Waals surface area contributed by atoms with Crippen molar-refractivity contribution in [2.45, 2.75) is 6.92 Å². The zero-order valence-electron chi connectivity index (χ0n) is 18.0. The molecule has 0 atom stereocenters. The van der Waals surface area contributed by atoms with E-state index in [0.29, 0.717) is 53.0 Å². The van der Waals surface area contributed by atoms with Gasteiger partial charge in [-0.15, -0.1) is 11.3 Å². The summed E-state index contributed by atoms with van der Waals surface area (Å²) in [5.41, 5.74) is 2.46. The van der Waals surface area contributed by atoms with Gasteiger partial charge in [-0.3, -0.25) is 9.59 Å². The molecule has 4 rings (SSSR count). The molecule has 0 unspecified atom stereocenters. The first-order valence-corrected chi connectivity index (χ1v) is 11.7. The predicted molar refractivity (Wildman–Crippen MR) is 131 cm³/mol. The number of para-hydroxylation sites is 1. The molecule has 0 saturated carbocycles. The summed E-state index contributed by atoms with van der Waals surface area (Å²) in [6.07, 6.45) is 0. The first kappa shape index (κ1) is 22.8. The van der Waals surface area contributed by atoms with E-state index in [2.05, 4.69) is 10.6 Å². The van der Waals surface area contributed by atoms with Gasteiger partial charge in [0.2, 0.25) is 0 Å². The van der Waals surface area contributed by atoms with E-state index in [1.165, 1.54) is 11.3 Å². The van der Waals surface area contributed by atoms with E-state index in [4.69, 9.17) is 11.6 Å². The van der Waals surface area contributed by atoms with Gasteiger partial charge in [-0.1, -0.05) is 35.9 Å². The van der Waals surface area contributed by atoms with Crippen molar-refractivity contribution in [1.29, 1.82) is 0 Å². The number of aryl methyl sites for hydroxylation is 1. The fourth-order valence-corrected chi connectivity index (χ4v) is 4.33. The molecule has 0 spiro atoms. The third kappa shape index (κ3) is 5.35. The normalized spacial score (nSPS) is 13.5. The maximum atomic E-state index is 13.2. The van der Waals surface area contributed by atoms with Gasteiger partial charge in [-0.25, -0.2) is 4.79 Å².